The maximum absolute atomic E-state index is 11.2. The van der Waals surface area contributed by atoms with E-state index in [1.54, 1.807) is 34.7 Å². The van der Waals surface area contributed by atoms with Crippen LogP contribution in [0.15, 0.2) is 55.4 Å². The van der Waals surface area contributed by atoms with Crippen molar-refractivity contribution in [3.63, 3.8) is 0 Å². The molecule has 1 saturated carbocycles. The van der Waals surface area contributed by atoms with Crippen LogP contribution in [0.4, 0.5) is 0 Å². The first-order chi connectivity index (χ1) is 13.8. The third-order valence-corrected chi connectivity index (χ3v) is 6.51. The van der Waals surface area contributed by atoms with Crippen molar-refractivity contribution in [3.05, 3.63) is 71.6 Å². The number of pyridine rings is 1. The molecule has 4 aromatic heterocycles. The molecule has 5 aromatic rings. The Hall–Kier alpha value is -3.10. The van der Waals surface area contributed by atoms with Crippen molar-refractivity contribution < 1.29 is 5.11 Å². The Morgan fingerprint density at radius 2 is 2.07 bits per heavy atom. The minimum atomic E-state index is -0.844. The number of aromatic nitrogens is 6. The molecule has 7 nitrogen and oxygen atoms in total. The normalized spacial score (nSPS) is 15.5. The minimum Gasteiger partial charge on any atom is -0.380 e. The molecule has 1 aliphatic rings. The summed E-state index contributed by atoms with van der Waals surface area (Å²) in [5.74, 6) is 0.537. The largest absolute Gasteiger partial charge is 0.380 e. The SMILES string of the molecule is OC(c1cn(-c2cccc3cnccc23)nn1)c1c(C2CC2)sc2cncn12. The number of aliphatic hydroxyl groups excluding tert-OH is 1. The molecule has 1 aromatic carbocycles. The van der Waals surface area contributed by atoms with Gasteiger partial charge in [0.1, 0.15) is 23.0 Å². The van der Waals surface area contributed by atoms with Crippen molar-refractivity contribution in [1.82, 2.24) is 29.4 Å². The summed E-state index contributed by atoms with van der Waals surface area (Å²) in [4.78, 5) is 10.7. The quantitative estimate of drug-likeness (QED) is 0.510. The van der Waals surface area contributed by atoms with Crippen molar-refractivity contribution in [1.29, 1.82) is 0 Å². The van der Waals surface area contributed by atoms with Crippen LogP contribution in [-0.4, -0.2) is 34.5 Å². The van der Waals surface area contributed by atoms with Crippen LogP contribution in [0.5, 0.6) is 0 Å². The van der Waals surface area contributed by atoms with E-state index in [4.69, 9.17) is 0 Å². The van der Waals surface area contributed by atoms with Gasteiger partial charge in [0, 0.05) is 28.0 Å². The lowest BCUT2D eigenvalue weighted by atomic mass is 10.1. The van der Waals surface area contributed by atoms with E-state index in [1.165, 1.54) is 17.7 Å². The Labute approximate surface area is 163 Å². The average Bonchev–Trinajstić information content (AvgIpc) is 3.14. The Bertz CT molecular complexity index is 1310. The van der Waals surface area contributed by atoms with E-state index in [9.17, 15) is 5.11 Å². The van der Waals surface area contributed by atoms with Crippen LogP contribution >= 0.6 is 11.3 Å². The fourth-order valence-corrected chi connectivity index (χ4v) is 4.99. The summed E-state index contributed by atoms with van der Waals surface area (Å²) in [6, 6.07) is 7.93. The van der Waals surface area contributed by atoms with Gasteiger partial charge in [-0.25, -0.2) is 9.67 Å². The van der Waals surface area contributed by atoms with E-state index in [2.05, 4.69) is 20.3 Å². The van der Waals surface area contributed by atoms with Crippen molar-refractivity contribution in [2.24, 2.45) is 0 Å². The number of hydrogen-bond donors (Lipinski definition) is 1. The lowest BCUT2D eigenvalue weighted by Crippen LogP contribution is -2.06. The third kappa shape index (κ3) is 2.38. The van der Waals surface area contributed by atoms with Crippen molar-refractivity contribution >= 4 is 26.9 Å². The van der Waals surface area contributed by atoms with Gasteiger partial charge < -0.3 is 5.11 Å². The molecule has 1 fully saturated rings. The molecule has 1 N–H and O–H groups in total. The summed E-state index contributed by atoms with van der Waals surface area (Å²) < 4.78 is 3.70. The molecule has 1 aliphatic carbocycles. The lowest BCUT2D eigenvalue weighted by Gasteiger charge is -2.09. The van der Waals surface area contributed by atoms with E-state index in [0.717, 1.165) is 27.0 Å². The summed E-state index contributed by atoms with van der Waals surface area (Å²) >= 11 is 1.71. The van der Waals surface area contributed by atoms with Gasteiger partial charge in [0.25, 0.3) is 0 Å². The van der Waals surface area contributed by atoms with Gasteiger partial charge in [-0.1, -0.05) is 17.3 Å². The highest BCUT2D eigenvalue weighted by Gasteiger charge is 2.33. The average molecular weight is 388 g/mol. The van der Waals surface area contributed by atoms with Crippen LogP contribution in [0.3, 0.4) is 0 Å². The lowest BCUT2D eigenvalue weighted by molar-refractivity contribution is 0.208. The molecule has 1 unspecified atom stereocenters. The summed E-state index contributed by atoms with van der Waals surface area (Å²) in [5.41, 5.74) is 2.31. The number of rotatable bonds is 4. The Balaban J connectivity index is 1.45. The molecule has 8 heteroatoms. The maximum atomic E-state index is 11.2. The summed E-state index contributed by atoms with van der Waals surface area (Å²) in [7, 11) is 0. The molecule has 0 aliphatic heterocycles. The van der Waals surface area contributed by atoms with Gasteiger partial charge in [-0.3, -0.25) is 9.38 Å². The molecular weight excluding hydrogens is 372 g/mol. The zero-order valence-electron chi connectivity index (χ0n) is 14.8. The highest BCUT2D eigenvalue weighted by Crippen LogP contribution is 2.47. The second-order valence-corrected chi connectivity index (χ2v) is 8.15. The molecule has 6 rings (SSSR count). The Kier molecular flexibility index (Phi) is 3.38. The van der Waals surface area contributed by atoms with Gasteiger partial charge in [-0.2, -0.15) is 0 Å². The first-order valence-corrected chi connectivity index (χ1v) is 9.99. The van der Waals surface area contributed by atoms with Crippen LogP contribution in [0.1, 0.15) is 41.1 Å². The molecule has 0 amide bonds. The highest BCUT2D eigenvalue weighted by molar-refractivity contribution is 7.17. The molecule has 0 bridgehead atoms. The van der Waals surface area contributed by atoms with Gasteiger partial charge in [-0.05, 0) is 30.9 Å². The van der Waals surface area contributed by atoms with E-state index in [-0.39, 0.29) is 0 Å². The van der Waals surface area contributed by atoms with Crippen LogP contribution in [-0.2, 0) is 0 Å². The molecule has 138 valence electrons. The predicted molar refractivity (Wildman–Crippen MR) is 106 cm³/mol. The Morgan fingerprint density at radius 3 is 2.96 bits per heavy atom. The van der Waals surface area contributed by atoms with Crippen LogP contribution < -0.4 is 0 Å². The fourth-order valence-electron chi connectivity index (χ4n) is 3.69. The number of imidazole rings is 1. The highest BCUT2D eigenvalue weighted by atomic mass is 32.1. The van der Waals surface area contributed by atoms with E-state index < -0.39 is 6.10 Å². The number of fused-ring (bicyclic) bond motifs is 2. The molecule has 28 heavy (non-hydrogen) atoms. The number of hydrogen-bond acceptors (Lipinski definition) is 6. The number of benzene rings is 1. The summed E-state index contributed by atoms with van der Waals surface area (Å²) in [6.45, 7) is 0. The van der Waals surface area contributed by atoms with E-state index in [0.29, 0.717) is 11.6 Å². The summed E-state index contributed by atoms with van der Waals surface area (Å²) in [6.07, 6.45) is 10.5. The van der Waals surface area contributed by atoms with Gasteiger partial charge in [0.05, 0.1) is 23.8 Å². The number of nitrogens with zero attached hydrogens (tertiary/aromatic N) is 6. The van der Waals surface area contributed by atoms with Gasteiger partial charge in [0.15, 0.2) is 0 Å². The molecule has 1 atom stereocenters. The van der Waals surface area contributed by atoms with Crippen molar-refractivity contribution in [2.75, 3.05) is 0 Å². The van der Waals surface area contributed by atoms with Crippen LogP contribution in [0.25, 0.3) is 21.3 Å². The van der Waals surface area contributed by atoms with Crippen LogP contribution in [0.2, 0.25) is 0 Å². The topological polar surface area (TPSA) is 81.1 Å². The predicted octanol–water partition coefficient (Wildman–Crippen LogP) is 3.48. The summed E-state index contributed by atoms with van der Waals surface area (Å²) in [5, 5.41) is 21.8. The first kappa shape index (κ1) is 15.9. The minimum absolute atomic E-state index is 0.529. The maximum Gasteiger partial charge on any atom is 0.141 e. The molecule has 4 heterocycles. The smallest absolute Gasteiger partial charge is 0.141 e. The fraction of sp³-hybridized carbons (Fsp3) is 0.200. The molecule has 0 saturated heterocycles. The van der Waals surface area contributed by atoms with Gasteiger partial charge in [-0.15, -0.1) is 16.4 Å². The van der Waals surface area contributed by atoms with Crippen molar-refractivity contribution in [3.8, 4) is 5.69 Å². The zero-order chi connectivity index (χ0) is 18.7. The monoisotopic (exact) mass is 388 g/mol. The standard InChI is InChI=1S/C20H16N6OS/c27-19(18-20(12-4-5-12)28-17-9-22-11-25(17)18)15-10-26(24-23-15)16-3-1-2-13-8-21-7-6-14(13)16/h1-3,6-12,19,27H,4-5H2. The second-order valence-electron chi connectivity index (χ2n) is 7.09. The second kappa shape index (κ2) is 5.95. The van der Waals surface area contributed by atoms with E-state index >= 15 is 0 Å². The van der Waals surface area contributed by atoms with Gasteiger partial charge >= 0.3 is 0 Å². The van der Waals surface area contributed by atoms with Crippen molar-refractivity contribution in [2.45, 2.75) is 24.9 Å². The first-order valence-electron chi connectivity index (χ1n) is 9.17. The third-order valence-electron chi connectivity index (χ3n) is 5.23. The molecule has 0 radical (unpaired) electrons. The van der Waals surface area contributed by atoms with E-state index in [1.807, 2.05) is 41.1 Å². The Morgan fingerprint density at radius 1 is 1.14 bits per heavy atom. The zero-order valence-corrected chi connectivity index (χ0v) is 15.6. The number of thiazole rings is 1. The molecular formula is C20H16N6OS. The molecule has 0 spiro atoms. The van der Waals surface area contributed by atoms with Gasteiger partial charge in [0.2, 0.25) is 0 Å². The number of aliphatic hydroxyl groups is 1. The van der Waals surface area contributed by atoms with Crippen LogP contribution in [0, 0.1) is 0 Å².